The van der Waals surface area contributed by atoms with E-state index in [1.54, 1.807) is 0 Å². The van der Waals surface area contributed by atoms with Crippen LogP contribution in [-0.4, -0.2) is 23.8 Å². The lowest BCUT2D eigenvalue weighted by Gasteiger charge is -2.57. The molecule has 0 saturated heterocycles. The summed E-state index contributed by atoms with van der Waals surface area (Å²) in [5, 5.41) is 12.7. The van der Waals surface area contributed by atoms with Gasteiger partial charge in [0.05, 0.1) is 0 Å². The first-order valence-electron chi connectivity index (χ1n) is 7.65. The van der Waals surface area contributed by atoms with Gasteiger partial charge in [-0.25, -0.2) is 0 Å². The van der Waals surface area contributed by atoms with Gasteiger partial charge in [0.2, 0.25) is 0 Å². The van der Waals surface area contributed by atoms with Crippen molar-refractivity contribution in [1.82, 2.24) is 5.32 Å². The molecule has 17 heavy (non-hydrogen) atoms. The molecule has 4 fully saturated rings. The Labute approximate surface area is 105 Å². The summed E-state index contributed by atoms with van der Waals surface area (Å²) >= 11 is 0. The molecule has 98 valence electrons. The number of hydrogen-bond acceptors (Lipinski definition) is 2. The first-order chi connectivity index (χ1) is 8.30. The van der Waals surface area contributed by atoms with Crippen LogP contribution in [0.1, 0.15) is 57.8 Å². The quantitative estimate of drug-likeness (QED) is 0.696. The van der Waals surface area contributed by atoms with E-state index < -0.39 is 0 Å². The molecule has 0 aromatic rings. The monoisotopic (exact) mass is 237 g/mol. The van der Waals surface area contributed by atoms with Crippen LogP contribution in [0.4, 0.5) is 0 Å². The molecule has 4 saturated carbocycles. The maximum Gasteiger partial charge on any atom is 0.0431 e. The van der Waals surface area contributed by atoms with E-state index in [0.717, 1.165) is 24.2 Å². The van der Waals surface area contributed by atoms with Crippen LogP contribution in [0.15, 0.2) is 0 Å². The van der Waals surface area contributed by atoms with E-state index in [-0.39, 0.29) is 0 Å². The third kappa shape index (κ3) is 2.53. The van der Waals surface area contributed by atoms with Gasteiger partial charge in [-0.2, -0.15) is 0 Å². The minimum absolute atomic E-state index is 0.358. The molecule has 0 spiro atoms. The maximum atomic E-state index is 8.78. The van der Waals surface area contributed by atoms with Gasteiger partial charge in [-0.15, -0.1) is 0 Å². The number of rotatable bonds is 6. The Bertz CT molecular complexity index is 228. The van der Waals surface area contributed by atoms with Gasteiger partial charge in [0.25, 0.3) is 0 Å². The van der Waals surface area contributed by atoms with Crippen molar-refractivity contribution in [3.8, 4) is 0 Å². The van der Waals surface area contributed by atoms with Gasteiger partial charge in [-0.05, 0) is 82.1 Å². The summed E-state index contributed by atoms with van der Waals surface area (Å²) in [6.45, 7) is 1.53. The molecule has 0 heterocycles. The highest BCUT2D eigenvalue weighted by molar-refractivity contribution is 5.06. The first-order valence-corrected chi connectivity index (χ1v) is 7.65. The number of hydrogen-bond donors (Lipinski definition) is 2. The molecule has 0 aliphatic heterocycles. The van der Waals surface area contributed by atoms with E-state index in [9.17, 15) is 0 Å². The molecule has 0 aromatic carbocycles. The molecular weight excluding hydrogens is 210 g/mol. The summed E-state index contributed by atoms with van der Waals surface area (Å²) in [7, 11) is 0. The minimum atomic E-state index is 0.358. The van der Waals surface area contributed by atoms with Crippen molar-refractivity contribution in [2.24, 2.45) is 17.8 Å². The average Bonchev–Trinajstić information content (AvgIpc) is 2.26. The van der Waals surface area contributed by atoms with Crippen molar-refractivity contribution in [3.63, 3.8) is 0 Å². The number of aliphatic hydroxyl groups excluding tert-OH is 1. The van der Waals surface area contributed by atoms with E-state index in [0.29, 0.717) is 12.1 Å². The predicted octanol–water partition coefficient (Wildman–Crippen LogP) is 2.71. The van der Waals surface area contributed by atoms with Crippen LogP contribution in [0.5, 0.6) is 0 Å². The summed E-state index contributed by atoms with van der Waals surface area (Å²) in [5.74, 6) is 3.14. The second-order valence-corrected chi connectivity index (χ2v) is 6.91. The molecule has 4 rings (SSSR count). The smallest absolute Gasteiger partial charge is 0.0431 e. The number of unbranched alkanes of at least 4 members (excludes halogenated alkanes) is 2. The minimum Gasteiger partial charge on any atom is -0.396 e. The van der Waals surface area contributed by atoms with Crippen LogP contribution >= 0.6 is 0 Å². The zero-order valence-corrected chi connectivity index (χ0v) is 11.0. The van der Waals surface area contributed by atoms with Crippen LogP contribution in [0, 0.1) is 17.8 Å². The third-order valence-corrected chi connectivity index (χ3v) is 5.37. The van der Waals surface area contributed by atoms with Gasteiger partial charge in [0.1, 0.15) is 0 Å². The highest BCUT2D eigenvalue weighted by atomic mass is 16.2. The highest BCUT2D eigenvalue weighted by Gasteiger charge is 2.50. The van der Waals surface area contributed by atoms with Gasteiger partial charge in [0, 0.05) is 12.1 Å². The Kier molecular flexibility index (Phi) is 3.45. The predicted molar refractivity (Wildman–Crippen MR) is 69.8 cm³/mol. The van der Waals surface area contributed by atoms with Gasteiger partial charge in [0.15, 0.2) is 0 Å². The van der Waals surface area contributed by atoms with Gasteiger partial charge >= 0.3 is 0 Å². The van der Waals surface area contributed by atoms with Crippen molar-refractivity contribution >= 4 is 0 Å². The van der Waals surface area contributed by atoms with Crippen LogP contribution in [0.25, 0.3) is 0 Å². The molecule has 0 atom stereocenters. The van der Waals surface area contributed by atoms with E-state index in [4.69, 9.17) is 5.11 Å². The summed E-state index contributed by atoms with van der Waals surface area (Å²) in [5.41, 5.74) is 0.536. The Morgan fingerprint density at radius 3 is 2.00 bits per heavy atom. The third-order valence-electron chi connectivity index (χ3n) is 5.37. The fraction of sp³-hybridized carbons (Fsp3) is 1.00. The summed E-state index contributed by atoms with van der Waals surface area (Å²) in [6.07, 6.45) is 12.4. The summed E-state index contributed by atoms with van der Waals surface area (Å²) in [4.78, 5) is 0. The molecule has 0 radical (unpaired) electrons. The Balaban J connectivity index is 1.49. The summed E-state index contributed by atoms with van der Waals surface area (Å²) < 4.78 is 0. The van der Waals surface area contributed by atoms with Crippen LogP contribution in [0.3, 0.4) is 0 Å². The fourth-order valence-corrected chi connectivity index (χ4v) is 5.09. The Morgan fingerprint density at radius 2 is 1.47 bits per heavy atom. The van der Waals surface area contributed by atoms with Gasteiger partial charge < -0.3 is 10.4 Å². The molecule has 0 unspecified atom stereocenters. The van der Waals surface area contributed by atoms with Crippen molar-refractivity contribution in [1.29, 1.82) is 0 Å². The second-order valence-electron chi connectivity index (χ2n) is 6.91. The lowest BCUT2D eigenvalue weighted by Crippen LogP contribution is -2.58. The van der Waals surface area contributed by atoms with Crippen molar-refractivity contribution in [3.05, 3.63) is 0 Å². The van der Waals surface area contributed by atoms with E-state index in [2.05, 4.69) is 5.32 Å². The molecule has 2 heteroatoms. The first kappa shape index (κ1) is 12.0. The van der Waals surface area contributed by atoms with Gasteiger partial charge in [-0.1, -0.05) is 0 Å². The molecule has 2 nitrogen and oxygen atoms in total. The lowest BCUT2D eigenvalue weighted by molar-refractivity contribution is -0.0196. The Hall–Kier alpha value is -0.0800. The standard InChI is InChI=1S/C15H27NO/c17-5-3-1-2-4-16-15-9-12-6-13(10-15)8-14(7-12)11-15/h12-14,16-17H,1-11H2. The fourth-order valence-electron chi connectivity index (χ4n) is 5.09. The number of aliphatic hydroxyl groups is 1. The molecule has 2 N–H and O–H groups in total. The van der Waals surface area contributed by atoms with Crippen molar-refractivity contribution in [2.75, 3.05) is 13.2 Å². The molecular formula is C15H27NO. The molecule has 0 aromatic heterocycles. The zero-order valence-electron chi connectivity index (χ0n) is 11.0. The number of nitrogens with one attached hydrogen (secondary N) is 1. The normalized spacial score (nSPS) is 43.2. The van der Waals surface area contributed by atoms with E-state index in [1.807, 2.05) is 0 Å². The Morgan fingerprint density at radius 1 is 0.882 bits per heavy atom. The topological polar surface area (TPSA) is 32.3 Å². The molecule has 4 bridgehead atoms. The largest absolute Gasteiger partial charge is 0.396 e. The molecule has 4 aliphatic rings. The van der Waals surface area contributed by atoms with Crippen molar-refractivity contribution < 1.29 is 5.11 Å². The highest BCUT2D eigenvalue weighted by Crippen LogP contribution is 2.55. The zero-order chi connectivity index (χ0) is 11.7. The van der Waals surface area contributed by atoms with Crippen LogP contribution in [-0.2, 0) is 0 Å². The summed E-state index contributed by atoms with van der Waals surface area (Å²) in [6, 6.07) is 0. The molecule has 4 aliphatic carbocycles. The lowest BCUT2D eigenvalue weighted by atomic mass is 9.53. The van der Waals surface area contributed by atoms with Crippen LogP contribution < -0.4 is 5.32 Å². The van der Waals surface area contributed by atoms with Crippen LogP contribution in [0.2, 0.25) is 0 Å². The SMILES string of the molecule is OCCCCCNC12CC3CC(CC(C3)C1)C2. The van der Waals surface area contributed by atoms with E-state index >= 15 is 0 Å². The van der Waals surface area contributed by atoms with E-state index in [1.165, 1.54) is 57.9 Å². The van der Waals surface area contributed by atoms with Gasteiger partial charge in [-0.3, -0.25) is 0 Å². The van der Waals surface area contributed by atoms with Crippen molar-refractivity contribution in [2.45, 2.75) is 63.3 Å². The molecule has 0 amide bonds. The average molecular weight is 237 g/mol. The maximum absolute atomic E-state index is 8.78. The second kappa shape index (κ2) is 4.89.